The number of halogens is 1. The van der Waals surface area contributed by atoms with Gasteiger partial charge in [0.25, 0.3) is 5.91 Å². The number of carbonyl (C=O) groups excluding carboxylic acids is 1. The van der Waals surface area contributed by atoms with E-state index in [1.54, 1.807) is 4.90 Å². The molecule has 6 heteroatoms. The van der Waals surface area contributed by atoms with Gasteiger partial charge in [0.2, 0.25) is 0 Å². The summed E-state index contributed by atoms with van der Waals surface area (Å²) in [7, 11) is 0. The Morgan fingerprint density at radius 3 is 2.65 bits per heavy atom. The molecule has 1 fully saturated rings. The second kappa shape index (κ2) is 4.87. The molecule has 1 saturated heterocycles. The number of amides is 1. The Labute approximate surface area is 125 Å². The highest BCUT2D eigenvalue weighted by molar-refractivity contribution is 9.10. The van der Waals surface area contributed by atoms with Crippen molar-refractivity contribution in [2.75, 3.05) is 13.1 Å². The molecule has 0 unspecified atom stereocenters. The summed E-state index contributed by atoms with van der Waals surface area (Å²) in [6, 6.07) is 5.36. The summed E-state index contributed by atoms with van der Waals surface area (Å²) in [4.78, 5) is 14.2. The number of fused-ring (bicyclic) bond motifs is 1. The number of aryl methyl sites for hydroxylation is 1. The Morgan fingerprint density at radius 1 is 1.35 bits per heavy atom. The summed E-state index contributed by atoms with van der Waals surface area (Å²) in [5, 5.41) is 0.940. The molecule has 0 spiro atoms. The SMILES string of the molecule is Cc1c(C(=O)N2C[C@@H](N)[C@H](N)C2)oc2ccc(Br)cc12. The zero-order chi connectivity index (χ0) is 14.4. The van der Waals surface area contributed by atoms with Gasteiger partial charge in [-0.2, -0.15) is 0 Å². The molecule has 1 aromatic carbocycles. The predicted molar refractivity (Wildman–Crippen MR) is 80.5 cm³/mol. The molecule has 0 saturated carbocycles. The molecule has 2 atom stereocenters. The van der Waals surface area contributed by atoms with Crippen LogP contribution < -0.4 is 11.5 Å². The van der Waals surface area contributed by atoms with E-state index in [4.69, 9.17) is 15.9 Å². The van der Waals surface area contributed by atoms with Crippen LogP contribution in [0.3, 0.4) is 0 Å². The largest absolute Gasteiger partial charge is 0.451 e. The van der Waals surface area contributed by atoms with Crippen molar-refractivity contribution in [3.8, 4) is 0 Å². The van der Waals surface area contributed by atoms with Gasteiger partial charge in [-0.1, -0.05) is 15.9 Å². The van der Waals surface area contributed by atoms with Crippen LogP contribution in [-0.4, -0.2) is 36.0 Å². The minimum Gasteiger partial charge on any atom is -0.451 e. The number of hydrogen-bond donors (Lipinski definition) is 2. The molecule has 4 N–H and O–H groups in total. The lowest BCUT2D eigenvalue weighted by molar-refractivity contribution is 0.0759. The lowest BCUT2D eigenvalue weighted by Crippen LogP contribution is -2.39. The molecule has 0 bridgehead atoms. The molecule has 2 heterocycles. The van der Waals surface area contributed by atoms with Gasteiger partial charge in [0, 0.05) is 40.6 Å². The lowest BCUT2D eigenvalue weighted by atomic mass is 10.1. The first-order chi connectivity index (χ1) is 9.47. The van der Waals surface area contributed by atoms with E-state index < -0.39 is 0 Å². The highest BCUT2D eigenvalue weighted by Gasteiger charge is 2.33. The van der Waals surface area contributed by atoms with E-state index in [2.05, 4.69) is 15.9 Å². The smallest absolute Gasteiger partial charge is 0.289 e. The van der Waals surface area contributed by atoms with Crippen LogP contribution in [0, 0.1) is 6.92 Å². The first-order valence-corrected chi connectivity index (χ1v) is 7.25. The Bertz CT molecular complexity index is 672. The third-order valence-electron chi connectivity index (χ3n) is 3.79. The van der Waals surface area contributed by atoms with Crippen molar-refractivity contribution >= 4 is 32.8 Å². The molecule has 0 radical (unpaired) electrons. The van der Waals surface area contributed by atoms with Crippen LogP contribution in [0.4, 0.5) is 0 Å². The fourth-order valence-corrected chi connectivity index (χ4v) is 2.92. The maximum absolute atomic E-state index is 12.5. The molecule has 3 rings (SSSR count). The molecule has 106 valence electrons. The van der Waals surface area contributed by atoms with Gasteiger partial charge in [-0.25, -0.2) is 0 Å². The normalized spacial score (nSPS) is 22.7. The molecule has 1 aromatic heterocycles. The van der Waals surface area contributed by atoms with Gasteiger partial charge < -0.3 is 20.8 Å². The first kappa shape index (κ1) is 13.6. The molecule has 0 aliphatic carbocycles. The van der Waals surface area contributed by atoms with Crippen molar-refractivity contribution in [3.63, 3.8) is 0 Å². The molecule has 2 aromatic rings. The highest BCUT2D eigenvalue weighted by Crippen LogP contribution is 2.29. The van der Waals surface area contributed by atoms with Gasteiger partial charge in [0.15, 0.2) is 5.76 Å². The molecule has 20 heavy (non-hydrogen) atoms. The van der Waals surface area contributed by atoms with Crippen molar-refractivity contribution in [1.29, 1.82) is 0 Å². The summed E-state index contributed by atoms with van der Waals surface area (Å²) in [6.07, 6.45) is 0. The van der Waals surface area contributed by atoms with Crippen molar-refractivity contribution in [2.24, 2.45) is 11.5 Å². The third kappa shape index (κ3) is 2.13. The Balaban J connectivity index is 1.98. The number of likely N-dealkylation sites (tertiary alicyclic amines) is 1. The number of nitrogens with zero attached hydrogens (tertiary/aromatic N) is 1. The van der Waals surface area contributed by atoms with Gasteiger partial charge >= 0.3 is 0 Å². The number of nitrogens with two attached hydrogens (primary N) is 2. The Kier molecular flexibility index (Phi) is 3.32. The molecule has 1 amide bonds. The predicted octanol–water partition coefficient (Wildman–Crippen LogP) is 1.61. The topological polar surface area (TPSA) is 85.5 Å². The summed E-state index contributed by atoms with van der Waals surface area (Å²) >= 11 is 3.42. The Hall–Kier alpha value is -1.37. The number of benzene rings is 1. The first-order valence-electron chi connectivity index (χ1n) is 6.46. The molecule has 1 aliphatic rings. The molecule has 5 nitrogen and oxygen atoms in total. The van der Waals surface area contributed by atoms with E-state index >= 15 is 0 Å². The van der Waals surface area contributed by atoms with Crippen LogP contribution in [-0.2, 0) is 0 Å². The van der Waals surface area contributed by atoms with Crippen LogP contribution in [0.2, 0.25) is 0 Å². The van der Waals surface area contributed by atoms with Crippen molar-refractivity contribution in [2.45, 2.75) is 19.0 Å². The van der Waals surface area contributed by atoms with Crippen LogP contribution in [0.1, 0.15) is 16.1 Å². The summed E-state index contributed by atoms with van der Waals surface area (Å²) < 4.78 is 6.66. The Morgan fingerprint density at radius 2 is 2.00 bits per heavy atom. The van der Waals surface area contributed by atoms with E-state index in [-0.39, 0.29) is 18.0 Å². The van der Waals surface area contributed by atoms with Gasteiger partial charge in [-0.3, -0.25) is 4.79 Å². The molecule has 1 aliphatic heterocycles. The monoisotopic (exact) mass is 337 g/mol. The lowest BCUT2D eigenvalue weighted by Gasteiger charge is -2.14. The van der Waals surface area contributed by atoms with E-state index in [9.17, 15) is 4.79 Å². The third-order valence-corrected chi connectivity index (χ3v) is 4.29. The van der Waals surface area contributed by atoms with Crippen molar-refractivity contribution in [3.05, 3.63) is 34.0 Å². The fraction of sp³-hybridized carbons (Fsp3) is 0.357. The summed E-state index contributed by atoms with van der Waals surface area (Å²) in [6.45, 7) is 2.84. The van der Waals surface area contributed by atoms with Gasteiger partial charge in [0.1, 0.15) is 5.58 Å². The quantitative estimate of drug-likeness (QED) is 0.827. The van der Waals surface area contributed by atoms with Crippen LogP contribution in [0.15, 0.2) is 27.1 Å². The highest BCUT2D eigenvalue weighted by atomic mass is 79.9. The number of rotatable bonds is 1. The van der Waals surface area contributed by atoms with Crippen molar-refractivity contribution < 1.29 is 9.21 Å². The van der Waals surface area contributed by atoms with E-state index in [1.165, 1.54) is 0 Å². The average molecular weight is 338 g/mol. The minimum atomic E-state index is -0.169. The maximum atomic E-state index is 12.5. The van der Waals surface area contributed by atoms with Crippen LogP contribution in [0.5, 0.6) is 0 Å². The van der Waals surface area contributed by atoms with Gasteiger partial charge in [-0.05, 0) is 25.1 Å². The summed E-state index contributed by atoms with van der Waals surface area (Å²) in [5.41, 5.74) is 13.3. The summed E-state index contributed by atoms with van der Waals surface area (Å²) in [5.74, 6) is 0.234. The van der Waals surface area contributed by atoms with E-state index in [0.717, 1.165) is 15.4 Å². The van der Waals surface area contributed by atoms with Crippen molar-refractivity contribution in [1.82, 2.24) is 4.90 Å². The zero-order valence-electron chi connectivity index (χ0n) is 11.1. The standard InChI is InChI=1S/C14H16BrN3O2/c1-7-9-4-8(15)2-3-12(9)20-13(7)14(19)18-5-10(16)11(17)6-18/h2-4,10-11H,5-6,16-17H2,1H3/t10-,11-/m1/s1. The second-order valence-electron chi connectivity index (χ2n) is 5.23. The van der Waals surface area contributed by atoms with Crippen LogP contribution in [0.25, 0.3) is 11.0 Å². The maximum Gasteiger partial charge on any atom is 0.289 e. The fourth-order valence-electron chi connectivity index (χ4n) is 2.56. The molecular weight excluding hydrogens is 322 g/mol. The minimum absolute atomic E-state index is 0.141. The number of hydrogen-bond acceptors (Lipinski definition) is 4. The van der Waals surface area contributed by atoms with Gasteiger partial charge in [0.05, 0.1) is 0 Å². The second-order valence-corrected chi connectivity index (χ2v) is 6.15. The van der Waals surface area contributed by atoms with E-state index in [1.807, 2.05) is 25.1 Å². The van der Waals surface area contributed by atoms with E-state index in [0.29, 0.717) is 24.4 Å². The van der Waals surface area contributed by atoms with Gasteiger partial charge in [-0.15, -0.1) is 0 Å². The molecular formula is C14H16BrN3O2. The average Bonchev–Trinajstić information content (AvgIpc) is 2.91. The van der Waals surface area contributed by atoms with Crippen LogP contribution >= 0.6 is 15.9 Å². The number of carbonyl (C=O) groups is 1. The number of furan rings is 1. The zero-order valence-corrected chi connectivity index (χ0v) is 12.7.